The first kappa shape index (κ1) is 99.1. The van der Waals surface area contributed by atoms with Crippen LogP contribution in [0.3, 0.4) is 0 Å². The van der Waals surface area contributed by atoms with E-state index in [1.165, 1.54) is 276 Å². The Bertz CT molecular complexity index is 1910. The number of hydrogen-bond donors (Lipinski definition) is 3. The third-order valence-electron chi connectivity index (χ3n) is 19.4. The van der Waals surface area contributed by atoms with Gasteiger partial charge in [-0.1, -0.05) is 394 Å². The van der Waals surface area contributed by atoms with Gasteiger partial charge in [0, 0.05) is 25.7 Å². The molecule has 600 valence electrons. The van der Waals surface area contributed by atoms with Crippen LogP contribution in [0.25, 0.3) is 0 Å². The highest BCUT2D eigenvalue weighted by molar-refractivity contribution is 7.47. The third-order valence-corrected chi connectivity index (χ3v) is 21.3. The van der Waals surface area contributed by atoms with Crippen LogP contribution >= 0.6 is 15.6 Å². The van der Waals surface area contributed by atoms with Crippen LogP contribution in [0.4, 0.5) is 0 Å². The first-order valence-electron chi connectivity index (χ1n) is 42.8. The van der Waals surface area contributed by atoms with Crippen molar-refractivity contribution in [1.29, 1.82) is 0 Å². The zero-order chi connectivity index (χ0) is 73.9. The van der Waals surface area contributed by atoms with Gasteiger partial charge in [0.25, 0.3) is 0 Å². The average molecular weight is 1480 g/mol. The van der Waals surface area contributed by atoms with Gasteiger partial charge in [-0.05, 0) is 25.7 Å². The van der Waals surface area contributed by atoms with Crippen LogP contribution in [0, 0.1) is 0 Å². The minimum atomic E-state index is -4.96. The minimum Gasteiger partial charge on any atom is -0.462 e. The van der Waals surface area contributed by atoms with Crippen molar-refractivity contribution in [3.8, 4) is 0 Å². The molecule has 5 atom stereocenters. The quantitative estimate of drug-likeness (QED) is 0.0222. The summed E-state index contributed by atoms with van der Waals surface area (Å²) in [5.41, 5.74) is 0. The molecule has 0 spiro atoms. The van der Waals surface area contributed by atoms with Crippen LogP contribution in [-0.2, 0) is 65.4 Å². The second kappa shape index (κ2) is 76.3. The lowest BCUT2D eigenvalue weighted by molar-refractivity contribution is -0.161. The first-order valence-corrected chi connectivity index (χ1v) is 45.8. The predicted molar refractivity (Wildman–Crippen MR) is 414 cm³/mol. The first-order chi connectivity index (χ1) is 49.2. The Balaban J connectivity index is 5.15. The van der Waals surface area contributed by atoms with E-state index in [4.69, 9.17) is 37.0 Å². The summed E-state index contributed by atoms with van der Waals surface area (Å²) in [7, 11) is -9.91. The van der Waals surface area contributed by atoms with Crippen molar-refractivity contribution in [3.05, 3.63) is 0 Å². The number of rotatable bonds is 83. The van der Waals surface area contributed by atoms with E-state index in [2.05, 4.69) is 27.7 Å². The van der Waals surface area contributed by atoms with Crippen LogP contribution in [0.5, 0.6) is 0 Å². The van der Waals surface area contributed by atoms with Crippen LogP contribution in [0.1, 0.15) is 445 Å². The Morgan fingerprint density at radius 1 is 0.238 bits per heavy atom. The highest BCUT2D eigenvalue weighted by atomic mass is 31.2. The normalized spacial score (nSPS) is 13.8. The van der Waals surface area contributed by atoms with E-state index in [-0.39, 0.29) is 25.7 Å². The van der Waals surface area contributed by atoms with E-state index in [0.717, 1.165) is 89.9 Å². The van der Waals surface area contributed by atoms with Gasteiger partial charge in [-0.15, -0.1) is 0 Å². The van der Waals surface area contributed by atoms with Crippen molar-refractivity contribution in [2.45, 2.75) is 463 Å². The summed E-state index contributed by atoms with van der Waals surface area (Å²) in [5.74, 6) is -2.11. The molecule has 0 saturated heterocycles. The second-order valence-electron chi connectivity index (χ2n) is 29.5. The van der Waals surface area contributed by atoms with E-state index in [1.54, 1.807) is 0 Å². The molecule has 0 bridgehead atoms. The summed E-state index contributed by atoms with van der Waals surface area (Å²) in [6.45, 7) is 4.99. The smallest absolute Gasteiger partial charge is 0.462 e. The fraction of sp³-hybridized carbons (Fsp3) is 0.951. The van der Waals surface area contributed by atoms with Gasteiger partial charge in [-0.3, -0.25) is 37.3 Å². The molecular formula is C82H160O17P2. The van der Waals surface area contributed by atoms with Gasteiger partial charge in [-0.2, -0.15) is 0 Å². The molecule has 101 heavy (non-hydrogen) atoms. The Hall–Kier alpha value is -1.94. The fourth-order valence-electron chi connectivity index (χ4n) is 12.8. The molecule has 2 unspecified atom stereocenters. The van der Waals surface area contributed by atoms with Gasteiger partial charge in [0.2, 0.25) is 0 Å². The molecule has 0 aliphatic rings. The molecule has 0 aromatic carbocycles. The lowest BCUT2D eigenvalue weighted by atomic mass is 10.0. The average Bonchev–Trinajstić information content (AvgIpc) is 0.938. The summed E-state index contributed by atoms with van der Waals surface area (Å²) in [6.07, 6.45) is 69.7. The molecule has 19 heteroatoms. The number of carbonyl (C=O) groups is 4. The van der Waals surface area contributed by atoms with Gasteiger partial charge in [-0.25, -0.2) is 9.13 Å². The Morgan fingerprint density at radius 3 is 0.584 bits per heavy atom. The number of carbonyl (C=O) groups excluding carboxylic acids is 4. The van der Waals surface area contributed by atoms with E-state index < -0.39 is 97.5 Å². The molecule has 0 fully saturated rings. The van der Waals surface area contributed by atoms with Gasteiger partial charge >= 0.3 is 39.5 Å². The fourth-order valence-corrected chi connectivity index (χ4v) is 14.4. The second-order valence-corrected chi connectivity index (χ2v) is 32.4. The molecule has 0 rings (SSSR count). The van der Waals surface area contributed by atoms with Crippen LogP contribution in [0.15, 0.2) is 0 Å². The zero-order valence-corrected chi connectivity index (χ0v) is 67.7. The molecule has 3 N–H and O–H groups in total. The molecule has 17 nitrogen and oxygen atoms in total. The van der Waals surface area contributed by atoms with Gasteiger partial charge in [0.1, 0.15) is 19.3 Å². The van der Waals surface area contributed by atoms with E-state index in [9.17, 15) is 43.2 Å². The highest BCUT2D eigenvalue weighted by Gasteiger charge is 2.30. The number of aliphatic hydroxyl groups excluding tert-OH is 1. The summed E-state index contributed by atoms with van der Waals surface area (Å²) in [5, 5.41) is 10.6. The Morgan fingerprint density at radius 2 is 0.396 bits per heavy atom. The standard InChI is InChI=1S/C82H160O17P2/c1-5-9-13-17-21-25-28-30-32-34-36-38-39-41-43-45-47-49-53-57-61-65-69-82(87)99-78(73-93-80(85)67-63-59-55-52-48-46-44-42-40-37-35-33-31-29-26-22-18-14-10-6-2)75-97-101(90,91)95-71-76(83)70-94-100(88,89)96-74-77(72-92-79(84)66-62-58-54-50-24-20-16-12-8-4)98-81(86)68-64-60-56-51-27-23-19-15-11-7-3/h76-78,83H,5-75H2,1-4H3,(H,88,89)(H,90,91)/t76-,77+,78+/m0/s1. The molecule has 0 amide bonds. The SMILES string of the molecule is CCCCCCCCCCCCCCCCCCCCCCCCC(=O)O[C@H](COC(=O)CCCCCCCCCCCCCCCCCCCCCC)COP(=O)(O)OC[C@@H](O)COP(=O)(O)OC[C@@H](COC(=O)CCCCCCCCCCC)OC(=O)CCCCCCCCCCCC. The van der Waals surface area contributed by atoms with Gasteiger partial charge in [0.05, 0.1) is 26.4 Å². The Labute approximate surface area is 619 Å². The summed E-state index contributed by atoms with van der Waals surface area (Å²) < 4.78 is 68.6. The largest absolute Gasteiger partial charge is 0.472 e. The molecular weight excluding hydrogens is 1320 g/mol. The van der Waals surface area contributed by atoms with Crippen molar-refractivity contribution in [2.24, 2.45) is 0 Å². The number of ether oxygens (including phenoxy) is 4. The third kappa shape index (κ3) is 76.1. The number of phosphoric ester groups is 2. The van der Waals surface area contributed by atoms with Crippen molar-refractivity contribution in [1.82, 2.24) is 0 Å². The number of phosphoric acid groups is 2. The lowest BCUT2D eigenvalue weighted by Gasteiger charge is -2.21. The van der Waals surface area contributed by atoms with Gasteiger partial charge < -0.3 is 33.8 Å². The lowest BCUT2D eigenvalue weighted by Crippen LogP contribution is -2.30. The maximum absolute atomic E-state index is 13.1. The Kier molecular flexibility index (Phi) is 74.8. The summed E-state index contributed by atoms with van der Waals surface area (Å²) in [6, 6.07) is 0. The minimum absolute atomic E-state index is 0.107. The van der Waals surface area contributed by atoms with Crippen LogP contribution < -0.4 is 0 Å². The van der Waals surface area contributed by atoms with Crippen LogP contribution in [-0.4, -0.2) is 96.7 Å². The number of esters is 4. The maximum Gasteiger partial charge on any atom is 0.472 e. The van der Waals surface area contributed by atoms with Crippen molar-refractivity contribution in [3.63, 3.8) is 0 Å². The molecule has 0 saturated carbocycles. The zero-order valence-electron chi connectivity index (χ0n) is 65.9. The van der Waals surface area contributed by atoms with Crippen molar-refractivity contribution >= 4 is 39.5 Å². The maximum atomic E-state index is 13.1. The monoisotopic (exact) mass is 1480 g/mol. The number of hydrogen-bond acceptors (Lipinski definition) is 15. The van der Waals surface area contributed by atoms with Crippen molar-refractivity contribution in [2.75, 3.05) is 39.6 Å². The molecule has 0 aromatic heterocycles. The summed E-state index contributed by atoms with van der Waals surface area (Å²) >= 11 is 0. The molecule has 0 aliphatic heterocycles. The molecule has 0 aliphatic carbocycles. The summed E-state index contributed by atoms with van der Waals surface area (Å²) in [4.78, 5) is 72.9. The van der Waals surface area contributed by atoms with Crippen LogP contribution in [0.2, 0.25) is 0 Å². The molecule has 0 radical (unpaired) electrons. The number of aliphatic hydroxyl groups is 1. The molecule has 0 heterocycles. The molecule has 0 aromatic rings. The van der Waals surface area contributed by atoms with Gasteiger partial charge in [0.15, 0.2) is 12.2 Å². The highest BCUT2D eigenvalue weighted by Crippen LogP contribution is 2.45. The topological polar surface area (TPSA) is 237 Å². The van der Waals surface area contributed by atoms with E-state index in [0.29, 0.717) is 25.7 Å². The number of unbranched alkanes of at least 4 members (excludes halogenated alkanes) is 57. The van der Waals surface area contributed by atoms with E-state index >= 15 is 0 Å². The predicted octanol–water partition coefficient (Wildman–Crippen LogP) is 25.0. The van der Waals surface area contributed by atoms with Crippen molar-refractivity contribution < 1.29 is 80.2 Å². The van der Waals surface area contributed by atoms with E-state index in [1.807, 2.05) is 0 Å².